The lowest BCUT2D eigenvalue weighted by molar-refractivity contribution is -0.384. The van der Waals surface area contributed by atoms with Crippen molar-refractivity contribution in [2.75, 3.05) is 51.3 Å². The van der Waals surface area contributed by atoms with E-state index in [1.54, 1.807) is 18.7 Å². The van der Waals surface area contributed by atoms with E-state index in [4.69, 9.17) is 4.74 Å². The lowest BCUT2D eigenvalue weighted by Crippen LogP contribution is -2.51. The van der Waals surface area contributed by atoms with Gasteiger partial charge >= 0.3 is 0 Å². The number of ether oxygens (including phenoxy) is 1. The summed E-state index contributed by atoms with van der Waals surface area (Å²) in [7, 11) is -2.30. The zero-order valence-corrected chi connectivity index (χ0v) is 18.7. The van der Waals surface area contributed by atoms with Gasteiger partial charge in [0.15, 0.2) is 0 Å². The summed E-state index contributed by atoms with van der Waals surface area (Å²) >= 11 is 0. The summed E-state index contributed by atoms with van der Waals surface area (Å²) in [5, 5.41) is 11.7. The first-order valence-electron chi connectivity index (χ1n) is 10.1. The van der Waals surface area contributed by atoms with E-state index in [9.17, 15) is 23.3 Å². The van der Waals surface area contributed by atoms with Crippen LogP contribution in [0, 0.1) is 10.1 Å². The van der Waals surface area contributed by atoms with Crippen LogP contribution in [0.5, 0.6) is 0 Å². The number of piperazine rings is 1. The van der Waals surface area contributed by atoms with Crippen LogP contribution in [0.2, 0.25) is 0 Å². The molecule has 11 heteroatoms. The van der Waals surface area contributed by atoms with E-state index in [0.717, 1.165) is 6.07 Å². The van der Waals surface area contributed by atoms with Crippen molar-refractivity contribution in [3.63, 3.8) is 0 Å². The Morgan fingerprint density at radius 1 is 1.20 bits per heavy atom. The van der Waals surface area contributed by atoms with E-state index in [0.29, 0.717) is 38.3 Å². The van der Waals surface area contributed by atoms with Gasteiger partial charge in [-0.3, -0.25) is 14.9 Å². The molecular weight excluding hydrogens is 412 g/mol. The number of hydrogen-bond acceptors (Lipinski definition) is 7. The van der Waals surface area contributed by atoms with Gasteiger partial charge in [0, 0.05) is 52.4 Å². The number of hydrogen-bond donors (Lipinski definition) is 0. The molecule has 0 spiro atoms. The summed E-state index contributed by atoms with van der Waals surface area (Å²) in [6.45, 7) is 7.53. The fourth-order valence-electron chi connectivity index (χ4n) is 3.60. The molecule has 1 unspecified atom stereocenters. The third kappa shape index (κ3) is 4.90. The third-order valence-corrected chi connectivity index (χ3v) is 7.40. The molecule has 1 atom stereocenters. The number of nitro groups is 1. The highest BCUT2D eigenvalue weighted by Gasteiger charge is 2.31. The Morgan fingerprint density at radius 3 is 2.27 bits per heavy atom. The Kier molecular flexibility index (Phi) is 8.16. The van der Waals surface area contributed by atoms with Crippen molar-refractivity contribution < 1.29 is 22.9 Å². The molecular formula is C19H30N4O6S. The van der Waals surface area contributed by atoms with Crippen LogP contribution in [0.25, 0.3) is 0 Å². The van der Waals surface area contributed by atoms with E-state index in [-0.39, 0.29) is 29.6 Å². The molecule has 0 bridgehead atoms. The number of carbonyl (C=O) groups is 1. The fraction of sp³-hybridized carbons (Fsp3) is 0.632. The third-order valence-electron chi connectivity index (χ3n) is 5.35. The Bertz CT molecular complexity index is 860. The standard InChI is InChI=1S/C19H30N4O6S/c1-5-18(29-4)19(24)21-12-10-20(11-13-21)16-9-8-15(14-17(16)23(25)26)30(27,28)22(6-2)7-3/h8-9,14,18H,5-7,10-13H2,1-4H3. The monoisotopic (exact) mass is 442 g/mol. The summed E-state index contributed by atoms with van der Waals surface area (Å²) in [6.07, 6.45) is 0.0826. The van der Waals surface area contributed by atoms with Gasteiger partial charge in [-0.1, -0.05) is 20.8 Å². The fourth-order valence-corrected chi connectivity index (χ4v) is 5.08. The van der Waals surface area contributed by atoms with Crippen LogP contribution in [0.4, 0.5) is 11.4 Å². The number of methoxy groups -OCH3 is 1. The first-order valence-corrected chi connectivity index (χ1v) is 11.5. The molecule has 1 aromatic rings. The van der Waals surface area contributed by atoms with E-state index in [1.807, 2.05) is 11.8 Å². The smallest absolute Gasteiger partial charge is 0.293 e. The van der Waals surface area contributed by atoms with Crippen molar-refractivity contribution in [1.82, 2.24) is 9.21 Å². The number of rotatable bonds is 9. The molecule has 1 aliphatic rings. The van der Waals surface area contributed by atoms with Gasteiger partial charge in [-0.25, -0.2) is 8.42 Å². The number of amides is 1. The van der Waals surface area contributed by atoms with Crippen LogP contribution in [0.15, 0.2) is 23.1 Å². The van der Waals surface area contributed by atoms with E-state index in [1.165, 1.54) is 23.5 Å². The number of anilines is 1. The SMILES string of the molecule is CCC(OC)C(=O)N1CCN(c2ccc(S(=O)(=O)N(CC)CC)cc2[N+](=O)[O-])CC1. The van der Waals surface area contributed by atoms with Gasteiger partial charge in [0.25, 0.3) is 11.6 Å². The van der Waals surface area contributed by atoms with E-state index in [2.05, 4.69) is 0 Å². The molecule has 1 heterocycles. The predicted octanol–water partition coefficient (Wildman–Crippen LogP) is 1.70. The van der Waals surface area contributed by atoms with Gasteiger partial charge < -0.3 is 14.5 Å². The average Bonchev–Trinajstić information content (AvgIpc) is 2.74. The molecule has 10 nitrogen and oxygen atoms in total. The zero-order chi connectivity index (χ0) is 22.5. The largest absolute Gasteiger partial charge is 0.372 e. The topological polar surface area (TPSA) is 113 Å². The number of nitrogens with zero attached hydrogens (tertiary/aromatic N) is 4. The predicted molar refractivity (Wildman–Crippen MR) is 113 cm³/mol. The molecule has 30 heavy (non-hydrogen) atoms. The number of sulfonamides is 1. The molecule has 1 aromatic carbocycles. The van der Waals surface area contributed by atoms with Crippen LogP contribution in [-0.2, 0) is 19.6 Å². The molecule has 1 aliphatic heterocycles. The summed E-state index contributed by atoms with van der Waals surface area (Å²) in [5.74, 6) is -0.0881. The molecule has 0 radical (unpaired) electrons. The normalized spacial score (nSPS) is 16.0. The van der Waals surface area contributed by atoms with Crippen molar-refractivity contribution >= 4 is 27.3 Å². The summed E-state index contributed by atoms with van der Waals surface area (Å²) in [5.41, 5.74) is 0.0933. The zero-order valence-electron chi connectivity index (χ0n) is 17.9. The molecule has 0 N–H and O–H groups in total. The number of nitro benzene ring substituents is 1. The maximum Gasteiger partial charge on any atom is 0.293 e. The molecule has 0 aromatic heterocycles. The summed E-state index contributed by atoms with van der Waals surface area (Å²) < 4.78 is 31.9. The second-order valence-corrected chi connectivity index (χ2v) is 8.88. The molecule has 1 fully saturated rings. The van der Waals surface area contributed by atoms with Gasteiger partial charge in [-0.05, 0) is 18.6 Å². The van der Waals surface area contributed by atoms with Gasteiger partial charge in [-0.15, -0.1) is 0 Å². The van der Waals surface area contributed by atoms with Gasteiger partial charge in [0.05, 0.1) is 9.82 Å². The first kappa shape index (κ1) is 24.0. The van der Waals surface area contributed by atoms with Crippen molar-refractivity contribution in [1.29, 1.82) is 0 Å². The van der Waals surface area contributed by atoms with Crippen molar-refractivity contribution in [3.8, 4) is 0 Å². The highest BCUT2D eigenvalue weighted by atomic mass is 32.2. The Labute approximate surface area is 177 Å². The minimum absolute atomic E-state index is 0.0881. The van der Waals surface area contributed by atoms with Gasteiger partial charge in [0.1, 0.15) is 11.8 Å². The summed E-state index contributed by atoms with van der Waals surface area (Å²) in [4.78, 5) is 27.0. The van der Waals surface area contributed by atoms with Crippen LogP contribution >= 0.6 is 0 Å². The quantitative estimate of drug-likeness (QED) is 0.422. The Balaban J connectivity index is 2.25. The number of benzene rings is 1. The second-order valence-electron chi connectivity index (χ2n) is 6.94. The van der Waals surface area contributed by atoms with Gasteiger partial charge in [-0.2, -0.15) is 4.31 Å². The minimum atomic E-state index is -3.80. The molecule has 1 amide bonds. The summed E-state index contributed by atoms with van der Waals surface area (Å²) in [6, 6.07) is 4.01. The molecule has 2 rings (SSSR count). The lowest BCUT2D eigenvalue weighted by Gasteiger charge is -2.37. The highest BCUT2D eigenvalue weighted by molar-refractivity contribution is 7.89. The first-order chi connectivity index (χ1) is 14.2. The molecule has 1 saturated heterocycles. The van der Waals surface area contributed by atoms with Crippen LogP contribution < -0.4 is 4.90 Å². The molecule has 168 valence electrons. The maximum absolute atomic E-state index is 12.7. The van der Waals surface area contributed by atoms with E-state index < -0.39 is 21.1 Å². The Morgan fingerprint density at radius 2 is 1.80 bits per heavy atom. The van der Waals surface area contributed by atoms with Gasteiger partial charge in [0.2, 0.25) is 10.0 Å². The Hall–Kier alpha value is -2.24. The number of carbonyl (C=O) groups excluding carboxylic acids is 1. The molecule has 0 saturated carbocycles. The van der Waals surface area contributed by atoms with E-state index >= 15 is 0 Å². The lowest BCUT2D eigenvalue weighted by atomic mass is 10.2. The highest BCUT2D eigenvalue weighted by Crippen LogP contribution is 2.32. The van der Waals surface area contributed by atoms with Crippen molar-refractivity contribution in [3.05, 3.63) is 28.3 Å². The van der Waals surface area contributed by atoms with Crippen LogP contribution in [0.1, 0.15) is 27.2 Å². The van der Waals surface area contributed by atoms with Crippen molar-refractivity contribution in [2.45, 2.75) is 38.2 Å². The second kappa shape index (κ2) is 10.2. The van der Waals surface area contributed by atoms with Crippen molar-refractivity contribution in [2.24, 2.45) is 0 Å². The molecule has 0 aliphatic carbocycles. The van der Waals surface area contributed by atoms with Crippen LogP contribution in [-0.4, -0.2) is 80.9 Å². The average molecular weight is 443 g/mol. The minimum Gasteiger partial charge on any atom is -0.372 e. The maximum atomic E-state index is 12.7. The van der Waals surface area contributed by atoms with Crippen LogP contribution in [0.3, 0.4) is 0 Å².